The lowest BCUT2D eigenvalue weighted by Crippen LogP contribution is -2.35. The quantitative estimate of drug-likeness (QED) is 0.356. The third kappa shape index (κ3) is 3.37. The third-order valence-electron chi connectivity index (χ3n) is 2.95. The van der Waals surface area contributed by atoms with Gasteiger partial charge >= 0.3 is 0 Å². The van der Waals surface area contributed by atoms with Crippen LogP contribution in [0.4, 0.5) is 5.69 Å². The van der Waals surface area contributed by atoms with Gasteiger partial charge in [-0.25, -0.2) is 0 Å². The van der Waals surface area contributed by atoms with Gasteiger partial charge in [-0.3, -0.25) is 0 Å². The number of aryl methyl sites for hydroxylation is 1. The van der Waals surface area contributed by atoms with Gasteiger partial charge in [-0.15, -0.1) is 0 Å². The summed E-state index contributed by atoms with van der Waals surface area (Å²) in [5.41, 5.74) is 8.05. The van der Waals surface area contributed by atoms with Gasteiger partial charge in [0.05, 0.1) is 0 Å². The number of benzene rings is 1. The molecule has 0 fully saturated rings. The molecule has 94 valence electrons. The van der Waals surface area contributed by atoms with Gasteiger partial charge in [-0.1, -0.05) is 30.3 Å². The number of hydrogen-bond acceptors (Lipinski definition) is 3. The van der Waals surface area contributed by atoms with Crippen LogP contribution in [0.15, 0.2) is 29.4 Å². The molecule has 3 N–H and O–H groups in total. The zero-order chi connectivity index (χ0) is 12.8. The SMILES string of the molecule is CCN(CC(C)/C(N)=N/O)c1ccccc1C. The monoisotopic (exact) mass is 235 g/mol. The fourth-order valence-corrected chi connectivity index (χ4v) is 1.84. The zero-order valence-corrected chi connectivity index (χ0v) is 10.7. The standard InChI is InChI=1S/C13H21N3O/c1-4-16(9-11(3)13(14)15-17)12-8-6-5-7-10(12)2/h5-8,11,17H,4,9H2,1-3H3,(H2,14,15). The fraction of sp³-hybridized carbons (Fsp3) is 0.462. The van der Waals surface area contributed by atoms with Crippen molar-refractivity contribution in [1.29, 1.82) is 0 Å². The van der Waals surface area contributed by atoms with Crippen molar-refractivity contribution in [2.24, 2.45) is 16.8 Å². The van der Waals surface area contributed by atoms with Crippen LogP contribution in [0.25, 0.3) is 0 Å². The summed E-state index contributed by atoms with van der Waals surface area (Å²) in [6.07, 6.45) is 0. The fourth-order valence-electron chi connectivity index (χ4n) is 1.84. The number of amidine groups is 1. The molecule has 0 aliphatic rings. The van der Waals surface area contributed by atoms with E-state index < -0.39 is 0 Å². The highest BCUT2D eigenvalue weighted by Gasteiger charge is 2.14. The van der Waals surface area contributed by atoms with Crippen molar-refractivity contribution in [3.63, 3.8) is 0 Å². The van der Waals surface area contributed by atoms with Gasteiger partial charge in [0, 0.05) is 24.7 Å². The molecule has 4 heteroatoms. The summed E-state index contributed by atoms with van der Waals surface area (Å²) < 4.78 is 0. The van der Waals surface area contributed by atoms with E-state index in [-0.39, 0.29) is 11.8 Å². The number of oxime groups is 1. The minimum Gasteiger partial charge on any atom is -0.409 e. The number of rotatable bonds is 5. The molecule has 0 saturated carbocycles. The first-order valence-corrected chi connectivity index (χ1v) is 5.88. The highest BCUT2D eigenvalue weighted by molar-refractivity contribution is 5.82. The minimum atomic E-state index is 0.0274. The second kappa shape index (κ2) is 6.13. The first-order chi connectivity index (χ1) is 8.10. The molecular weight excluding hydrogens is 214 g/mol. The van der Waals surface area contributed by atoms with Crippen LogP contribution >= 0.6 is 0 Å². The largest absolute Gasteiger partial charge is 0.409 e. The average Bonchev–Trinajstić information content (AvgIpc) is 2.35. The molecule has 0 saturated heterocycles. The Kier molecular flexibility index (Phi) is 4.82. The van der Waals surface area contributed by atoms with Crippen LogP contribution in [0, 0.1) is 12.8 Å². The van der Waals surface area contributed by atoms with Crippen LogP contribution in [0.1, 0.15) is 19.4 Å². The van der Waals surface area contributed by atoms with Crippen molar-refractivity contribution in [3.8, 4) is 0 Å². The maximum atomic E-state index is 8.66. The summed E-state index contributed by atoms with van der Waals surface area (Å²) >= 11 is 0. The van der Waals surface area contributed by atoms with Crippen molar-refractivity contribution >= 4 is 11.5 Å². The van der Waals surface area contributed by atoms with E-state index in [1.165, 1.54) is 11.3 Å². The lowest BCUT2D eigenvalue weighted by Gasteiger charge is -2.27. The van der Waals surface area contributed by atoms with Crippen molar-refractivity contribution < 1.29 is 5.21 Å². The molecule has 0 aromatic heterocycles. The van der Waals surface area contributed by atoms with Crippen molar-refractivity contribution in [2.45, 2.75) is 20.8 Å². The summed E-state index contributed by atoms with van der Waals surface area (Å²) in [7, 11) is 0. The van der Waals surface area contributed by atoms with Crippen LogP contribution < -0.4 is 10.6 Å². The predicted molar refractivity (Wildman–Crippen MR) is 71.6 cm³/mol. The summed E-state index contributed by atoms with van der Waals surface area (Å²) in [4.78, 5) is 2.23. The Morgan fingerprint density at radius 2 is 2.12 bits per heavy atom. The molecule has 0 spiro atoms. The summed E-state index contributed by atoms with van der Waals surface area (Å²) in [6, 6.07) is 8.24. The van der Waals surface area contributed by atoms with E-state index in [2.05, 4.69) is 36.0 Å². The number of anilines is 1. The van der Waals surface area contributed by atoms with Gasteiger partial charge in [0.2, 0.25) is 0 Å². The topological polar surface area (TPSA) is 61.8 Å². The average molecular weight is 235 g/mol. The van der Waals surface area contributed by atoms with Crippen molar-refractivity contribution in [3.05, 3.63) is 29.8 Å². The molecule has 0 amide bonds. The van der Waals surface area contributed by atoms with Gasteiger partial charge in [-0.2, -0.15) is 0 Å². The Morgan fingerprint density at radius 3 is 2.65 bits per heavy atom. The molecule has 0 heterocycles. The van der Waals surface area contributed by atoms with E-state index in [1.54, 1.807) is 0 Å². The molecular formula is C13H21N3O. The van der Waals surface area contributed by atoms with E-state index >= 15 is 0 Å². The molecule has 0 aliphatic heterocycles. The Bertz CT molecular complexity index is 390. The maximum absolute atomic E-state index is 8.66. The second-order valence-electron chi connectivity index (χ2n) is 4.25. The molecule has 4 nitrogen and oxygen atoms in total. The molecule has 0 radical (unpaired) electrons. The smallest absolute Gasteiger partial charge is 0.143 e. The maximum Gasteiger partial charge on any atom is 0.143 e. The normalized spacial score (nSPS) is 13.5. The van der Waals surface area contributed by atoms with Crippen molar-refractivity contribution in [1.82, 2.24) is 0 Å². The van der Waals surface area contributed by atoms with Crippen LogP contribution in [-0.2, 0) is 0 Å². The third-order valence-corrected chi connectivity index (χ3v) is 2.95. The molecule has 1 rings (SSSR count). The summed E-state index contributed by atoms with van der Waals surface area (Å²) in [5.74, 6) is 0.302. The minimum absolute atomic E-state index is 0.0274. The lowest BCUT2D eigenvalue weighted by molar-refractivity contribution is 0.314. The van der Waals surface area contributed by atoms with E-state index in [0.717, 1.165) is 13.1 Å². The van der Waals surface area contributed by atoms with Crippen LogP contribution in [0.5, 0.6) is 0 Å². The molecule has 0 aliphatic carbocycles. The molecule has 17 heavy (non-hydrogen) atoms. The number of hydrogen-bond donors (Lipinski definition) is 2. The van der Waals surface area contributed by atoms with E-state index in [4.69, 9.17) is 10.9 Å². The Labute approximate surface area is 103 Å². The van der Waals surface area contributed by atoms with Crippen LogP contribution in [0.2, 0.25) is 0 Å². The highest BCUT2D eigenvalue weighted by Crippen LogP contribution is 2.20. The van der Waals surface area contributed by atoms with Gasteiger partial charge in [0.15, 0.2) is 0 Å². The molecule has 0 bridgehead atoms. The zero-order valence-electron chi connectivity index (χ0n) is 10.7. The van der Waals surface area contributed by atoms with E-state index in [1.807, 2.05) is 19.1 Å². The Hall–Kier alpha value is -1.71. The predicted octanol–water partition coefficient (Wildman–Crippen LogP) is 2.20. The number of nitrogens with zero attached hydrogens (tertiary/aromatic N) is 2. The molecule has 1 unspecified atom stereocenters. The summed E-state index contributed by atoms with van der Waals surface area (Å²) in [6.45, 7) is 7.79. The lowest BCUT2D eigenvalue weighted by atomic mass is 10.1. The van der Waals surface area contributed by atoms with Crippen molar-refractivity contribution in [2.75, 3.05) is 18.0 Å². The molecule has 1 aromatic carbocycles. The Balaban J connectivity index is 2.83. The van der Waals surface area contributed by atoms with Crippen LogP contribution in [0.3, 0.4) is 0 Å². The number of nitrogens with two attached hydrogens (primary N) is 1. The molecule has 1 atom stereocenters. The summed E-state index contributed by atoms with van der Waals surface area (Å²) in [5, 5.41) is 11.7. The highest BCUT2D eigenvalue weighted by atomic mass is 16.4. The second-order valence-corrected chi connectivity index (χ2v) is 4.25. The number of para-hydroxylation sites is 1. The Morgan fingerprint density at radius 1 is 1.47 bits per heavy atom. The van der Waals surface area contributed by atoms with E-state index in [9.17, 15) is 0 Å². The van der Waals surface area contributed by atoms with Gasteiger partial charge in [-0.05, 0) is 25.5 Å². The van der Waals surface area contributed by atoms with Gasteiger partial charge < -0.3 is 15.8 Å². The first-order valence-electron chi connectivity index (χ1n) is 5.88. The van der Waals surface area contributed by atoms with Gasteiger partial charge in [0.25, 0.3) is 0 Å². The van der Waals surface area contributed by atoms with Gasteiger partial charge in [0.1, 0.15) is 5.84 Å². The van der Waals surface area contributed by atoms with Crippen LogP contribution in [-0.4, -0.2) is 24.1 Å². The van der Waals surface area contributed by atoms with E-state index in [0.29, 0.717) is 0 Å². The first kappa shape index (κ1) is 13.4. The molecule has 1 aromatic rings.